The minimum Gasteiger partial charge on any atom is -0.377 e. The number of carbonyl (C=O) groups is 1. The average Bonchev–Trinajstić information content (AvgIpc) is 2.49. The molecule has 20 heavy (non-hydrogen) atoms. The lowest BCUT2D eigenvalue weighted by molar-refractivity contribution is -0.139. The molecule has 2 atom stereocenters. The third-order valence-corrected chi connectivity index (χ3v) is 3.97. The molecule has 1 amide bonds. The standard InChI is InChI=1S/C16H20N2O2/c1-16(20-2)9-6-10-18(12-16)15(19)14(11-17)13-7-4-3-5-8-13/h3-5,7-8,14H,6,9-10,12H2,1-2H3. The molecule has 0 bridgehead atoms. The lowest BCUT2D eigenvalue weighted by Crippen LogP contribution is -2.50. The van der Waals surface area contributed by atoms with Crippen LogP contribution in [0.2, 0.25) is 0 Å². The van der Waals surface area contributed by atoms with Crippen LogP contribution in [0.25, 0.3) is 0 Å². The molecule has 0 saturated carbocycles. The largest absolute Gasteiger partial charge is 0.377 e. The van der Waals surface area contributed by atoms with Crippen LogP contribution in [0.3, 0.4) is 0 Å². The highest BCUT2D eigenvalue weighted by Gasteiger charge is 2.35. The van der Waals surface area contributed by atoms with E-state index in [1.807, 2.05) is 37.3 Å². The van der Waals surface area contributed by atoms with Gasteiger partial charge < -0.3 is 9.64 Å². The predicted molar refractivity (Wildman–Crippen MR) is 76.0 cm³/mol. The molecule has 106 valence electrons. The molecule has 1 saturated heterocycles. The van der Waals surface area contributed by atoms with Gasteiger partial charge in [0.2, 0.25) is 5.91 Å². The van der Waals surface area contributed by atoms with Gasteiger partial charge in [0.25, 0.3) is 0 Å². The maximum absolute atomic E-state index is 12.6. The summed E-state index contributed by atoms with van der Waals surface area (Å²) < 4.78 is 5.50. The van der Waals surface area contributed by atoms with Gasteiger partial charge in [-0.1, -0.05) is 30.3 Å². The molecule has 4 nitrogen and oxygen atoms in total. The number of amides is 1. The molecule has 0 radical (unpaired) electrons. The van der Waals surface area contributed by atoms with E-state index in [1.165, 1.54) is 0 Å². The summed E-state index contributed by atoms with van der Waals surface area (Å²) in [5.74, 6) is -0.850. The first-order chi connectivity index (χ1) is 9.59. The first kappa shape index (κ1) is 14.5. The molecule has 2 rings (SSSR count). The van der Waals surface area contributed by atoms with Gasteiger partial charge in [-0.05, 0) is 25.3 Å². The van der Waals surface area contributed by atoms with Crippen LogP contribution < -0.4 is 0 Å². The van der Waals surface area contributed by atoms with Gasteiger partial charge in [0, 0.05) is 20.2 Å². The fourth-order valence-corrected chi connectivity index (χ4v) is 2.66. The molecule has 0 aliphatic carbocycles. The van der Waals surface area contributed by atoms with Crippen molar-refractivity contribution in [1.29, 1.82) is 5.26 Å². The normalized spacial score (nSPS) is 23.9. The van der Waals surface area contributed by atoms with Crippen LogP contribution in [0.15, 0.2) is 30.3 Å². The van der Waals surface area contributed by atoms with Crippen molar-refractivity contribution in [3.05, 3.63) is 35.9 Å². The molecule has 1 aliphatic rings. The molecular weight excluding hydrogens is 252 g/mol. The van der Waals surface area contributed by atoms with Crippen molar-refractivity contribution in [3.8, 4) is 6.07 Å². The smallest absolute Gasteiger partial charge is 0.244 e. The zero-order valence-electron chi connectivity index (χ0n) is 12.0. The van der Waals surface area contributed by atoms with Crippen molar-refractivity contribution in [2.45, 2.75) is 31.3 Å². The lowest BCUT2D eigenvalue weighted by Gasteiger charge is -2.40. The van der Waals surface area contributed by atoms with Crippen LogP contribution in [0.4, 0.5) is 0 Å². The van der Waals surface area contributed by atoms with Gasteiger partial charge in [-0.15, -0.1) is 0 Å². The molecule has 0 aromatic heterocycles. The number of rotatable bonds is 3. The van der Waals surface area contributed by atoms with Crippen LogP contribution in [-0.2, 0) is 9.53 Å². The third-order valence-electron chi connectivity index (χ3n) is 3.97. The molecule has 0 N–H and O–H groups in total. The van der Waals surface area contributed by atoms with Crippen LogP contribution in [0.5, 0.6) is 0 Å². The number of ether oxygens (including phenoxy) is 1. The van der Waals surface area contributed by atoms with Gasteiger partial charge >= 0.3 is 0 Å². The summed E-state index contributed by atoms with van der Waals surface area (Å²) in [7, 11) is 1.67. The molecule has 1 aliphatic heterocycles. The topological polar surface area (TPSA) is 53.3 Å². The molecule has 1 fully saturated rings. The maximum Gasteiger partial charge on any atom is 0.244 e. The van der Waals surface area contributed by atoms with Crippen molar-refractivity contribution < 1.29 is 9.53 Å². The Morgan fingerprint density at radius 2 is 2.15 bits per heavy atom. The van der Waals surface area contributed by atoms with Crippen LogP contribution >= 0.6 is 0 Å². The van der Waals surface area contributed by atoms with E-state index in [0.29, 0.717) is 13.1 Å². The number of nitriles is 1. The first-order valence-corrected chi connectivity index (χ1v) is 6.88. The number of methoxy groups -OCH3 is 1. The Balaban J connectivity index is 2.16. The second-order valence-corrected chi connectivity index (χ2v) is 5.49. The highest BCUT2D eigenvalue weighted by atomic mass is 16.5. The molecule has 2 unspecified atom stereocenters. The summed E-state index contributed by atoms with van der Waals surface area (Å²) in [6.07, 6.45) is 1.85. The van der Waals surface area contributed by atoms with E-state index >= 15 is 0 Å². The molecular formula is C16H20N2O2. The van der Waals surface area contributed by atoms with E-state index in [9.17, 15) is 10.1 Å². The third kappa shape index (κ3) is 3.00. The predicted octanol–water partition coefficient (Wildman–Crippen LogP) is 2.32. The van der Waals surface area contributed by atoms with E-state index < -0.39 is 5.92 Å². The van der Waals surface area contributed by atoms with E-state index in [4.69, 9.17) is 4.74 Å². The number of hydrogen-bond acceptors (Lipinski definition) is 3. The summed E-state index contributed by atoms with van der Waals surface area (Å²) in [6, 6.07) is 11.4. The highest BCUT2D eigenvalue weighted by molar-refractivity contribution is 5.86. The number of piperidine rings is 1. The number of hydrogen-bond donors (Lipinski definition) is 0. The second kappa shape index (κ2) is 6.06. The minimum atomic E-state index is -0.726. The van der Waals surface area contributed by atoms with Gasteiger partial charge in [0.1, 0.15) is 5.92 Å². The van der Waals surface area contributed by atoms with Crippen molar-refractivity contribution in [2.24, 2.45) is 0 Å². The Hall–Kier alpha value is -1.86. The van der Waals surface area contributed by atoms with E-state index in [0.717, 1.165) is 18.4 Å². The summed E-state index contributed by atoms with van der Waals surface area (Å²) in [4.78, 5) is 14.3. The van der Waals surface area contributed by atoms with E-state index in [1.54, 1.807) is 12.0 Å². The van der Waals surface area contributed by atoms with Crippen LogP contribution in [0.1, 0.15) is 31.2 Å². The molecule has 1 heterocycles. The quantitative estimate of drug-likeness (QED) is 0.848. The summed E-state index contributed by atoms with van der Waals surface area (Å²) >= 11 is 0. The van der Waals surface area contributed by atoms with Crippen molar-refractivity contribution in [2.75, 3.05) is 20.2 Å². The summed E-state index contributed by atoms with van der Waals surface area (Å²) in [5, 5.41) is 9.34. The number of nitrogens with zero attached hydrogens (tertiary/aromatic N) is 2. The Morgan fingerprint density at radius 3 is 2.75 bits per heavy atom. The molecule has 0 spiro atoms. The average molecular weight is 272 g/mol. The highest BCUT2D eigenvalue weighted by Crippen LogP contribution is 2.27. The summed E-state index contributed by atoms with van der Waals surface area (Å²) in [6.45, 7) is 3.26. The monoisotopic (exact) mass is 272 g/mol. The zero-order chi connectivity index (χ0) is 14.6. The fraction of sp³-hybridized carbons (Fsp3) is 0.500. The van der Waals surface area contributed by atoms with E-state index in [-0.39, 0.29) is 11.5 Å². The van der Waals surface area contributed by atoms with Crippen LogP contribution in [-0.4, -0.2) is 36.6 Å². The Morgan fingerprint density at radius 1 is 1.45 bits per heavy atom. The van der Waals surface area contributed by atoms with Gasteiger partial charge in [-0.25, -0.2) is 0 Å². The fourth-order valence-electron chi connectivity index (χ4n) is 2.66. The second-order valence-electron chi connectivity index (χ2n) is 5.49. The van der Waals surface area contributed by atoms with Crippen molar-refractivity contribution >= 4 is 5.91 Å². The van der Waals surface area contributed by atoms with Gasteiger partial charge in [-0.3, -0.25) is 4.79 Å². The number of carbonyl (C=O) groups excluding carboxylic acids is 1. The lowest BCUT2D eigenvalue weighted by atomic mass is 9.92. The SMILES string of the molecule is COC1(C)CCCN(C(=O)C(C#N)c2ccccc2)C1. The first-order valence-electron chi connectivity index (χ1n) is 6.88. The van der Waals surface area contributed by atoms with Gasteiger partial charge in [-0.2, -0.15) is 5.26 Å². The Bertz CT molecular complexity index is 509. The van der Waals surface area contributed by atoms with Gasteiger partial charge in [0.05, 0.1) is 11.7 Å². The molecule has 1 aromatic carbocycles. The molecule has 4 heteroatoms. The summed E-state index contributed by atoms with van der Waals surface area (Å²) in [5.41, 5.74) is 0.453. The van der Waals surface area contributed by atoms with Crippen molar-refractivity contribution in [1.82, 2.24) is 4.90 Å². The Kier molecular flexibility index (Phi) is 4.41. The number of likely N-dealkylation sites (tertiary alicyclic amines) is 1. The van der Waals surface area contributed by atoms with E-state index in [2.05, 4.69) is 6.07 Å². The zero-order valence-corrected chi connectivity index (χ0v) is 12.0. The van der Waals surface area contributed by atoms with Crippen LogP contribution in [0, 0.1) is 11.3 Å². The number of benzene rings is 1. The molecule has 1 aromatic rings. The van der Waals surface area contributed by atoms with Gasteiger partial charge in [0.15, 0.2) is 0 Å². The van der Waals surface area contributed by atoms with Crippen molar-refractivity contribution in [3.63, 3.8) is 0 Å². The minimum absolute atomic E-state index is 0.123. The maximum atomic E-state index is 12.6. The Labute approximate surface area is 120 Å².